The van der Waals surface area contributed by atoms with Crippen LogP contribution in [0.5, 0.6) is 11.5 Å². The molecule has 2 aromatic rings. The first kappa shape index (κ1) is 23.0. The second-order valence-electron chi connectivity index (χ2n) is 7.13. The summed E-state index contributed by atoms with van der Waals surface area (Å²) in [6.45, 7) is 5.03. The number of nitrogens with one attached hydrogen (secondary N) is 1. The van der Waals surface area contributed by atoms with E-state index in [4.69, 9.17) is 9.47 Å². The molecule has 0 aliphatic carbocycles. The van der Waals surface area contributed by atoms with E-state index < -0.39 is 21.7 Å². The Hall–Kier alpha value is -2.65. The summed E-state index contributed by atoms with van der Waals surface area (Å²) in [5.41, 5.74) is -0.250. The van der Waals surface area contributed by atoms with Gasteiger partial charge in [-0.1, -0.05) is 19.1 Å². The number of likely N-dealkylation sites (tertiary alicyclic amines) is 1. The lowest BCUT2D eigenvalue weighted by molar-refractivity contribution is 0.0585. The number of rotatable bonds is 8. The molecule has 1 N–H and O–H groups in total. The van der Waals surface area contributed by atoms with E-state index >= 15 is 0 Å². The van der Waals surface area contributed by atoms with Crippen molar-refractivity contribution in [3.8, 4) is 11.5 Å². The largest absolute Gasteiger partial charge is 0.490 e. The lowest BCUT2D eigenvalue weighted by atomic mass is 10.1. The Morgan fingerprint density at radius 3 is 2.45 bits per heavy atom. The van der Waals surface area contributed by atoms with Gasteiger partial charge in [0.2, 0.25) is 10.0 Å². The molecule has 1 aliphatic rings. The molecule has 2 aromatic carbocycles. The minimum atomic E-state index is -3.79. The van der Waals surface area contributed by atoms with Gasteiger partial charge in [0.1, 0.15) is 11.9 Å². The molecule has 0 radical (unpaired) electrons. The van der Waals surface area contributed by atoms with Crippen molar-refractivity contribution in [3.05, 3.63) is 53.8 Å². The molecule has 0 atom stereocenters. The van der Waals surface area contributed by atoms with Crippen molar-refractivity contribution < 1.29 is 27.1 Å². The van der Waals surface area contributed by atoms with Crippen molar-refractivity contribution in [1.29, 1.82) is 0 Å². The minimum Gasteiger partial charge on any atom is -0.490 e. The van der Waals surface area contributed by atoms with Crippen LogP contribution in [0.15, 0.2) is 47.4 Å². The monoisotopic (exact) mass is 450 g/mol. The van der Waals surface area contributed by atoms with Gasteiger partial charge in [-0.05, 0) is 37.3 Å². The van der Waals surface area contributed by atoms with Gasteiger partial charge in [0.05, 0.1) is 17.1 Å². The highest BCUT2D eigenvalue weighted by atomic mass is 32.2. The minimum absolute atomic E-state index is 0.101. The van der Waals surface area contributed by atoms with E-state index in [9.17, 15) is 17.6 Å². The number of carbonyl (C=O) groups is 1. The van der Waals surface area contributed by atoms with Crippen LogP contribution in [0.1, 0.15) is 37.0 Å². The summed E-state index contributed by atoms with van der Waals surface area (Å²) in [5, 5.41) is 0. The first-order valence-electron chi connectivity index (χ1n) is 10.3. The number of ether oxygens (including phenoxy) is 2. The van der Waals surface area contributed by atoms with E-state index in [2.05, 4.69) is 4.72 Å². The standard InChI is InChI=1S/C22H27FN2O5S/c1-3-24-31(27,28)17-9-10-19(23)18(15-17)22(26)25-13-11-16(12-14-25)30-21-8-6-5-7-20(21)29-4-2/h5-10,15-16,24H,3-4,11-14H2,1-2H3. The van der Waals surface area contributed by atoms with Crippen LogP contribution in [0, 0.1) is 5.82 Å². The molecule has 7 nitrogen and oxygen atoms in total. The average molecular weight is 451 g/mol. The Kier molecular flexibility index (Phi) is 7.50. The topological polar surface area (TPSA) is 84.9 Å². The molecule has 1 aliphatic heterocycles. The highest BCUT2D eigenvalue weighted by Gasteiger charge is 2.28. The van der Waals surface area contributed by atoms with E-state index in [-0.39, 0.29) is 23.1 Å². The van der Waals surface area contributed by atoms with Crippen LogP contribution in [0.2, 0.25) is 0 Å². The van der Waals surface area contributed by atoms with Crippen molar-refractivity contribution in [2.45, 2.75) is 37.7 Å². The summed E-state index contributed by atoms with van der Waals surface area (Å²) in [4.78, 5) is 14.3. The second kappa shape index (κ2) is 10.1. The summed E-state index contributed by atoms with van der Waals surface area (Å²) >= 11 is 0. The smallest absolute Gasteiger partial charge is 0.256 e. The van der Waals surface area contributed by atoms with Crippen LogP contribution in [0.25, 0.3) is 0 Å². The number of sulfonamides is 1. The SMILES string of the molecule is CCNS(=O)(=O)c1ccc(F)c(C(=O)N2CCC(Oc3ccccc3OCC)CC2)c1. The number of halogens is 1. The van der Waals surface area contributed by atoms with Crippen LogP contribution in [0.4, 0.5) is 4.39 Å². The Morgan fingerprint density at radius 2 is 1.81 bits per heavy atom. The Balaban J connectivity index is 1.67. The van der Waals surface area contributed by atoms with Gasteiger partial charge >= 0.3 is 0 Å². The molecule has 0 unspecified atom stereocenters. The third-order valence-corrected chi connectivity index (χ3v) is 6.53. The highest BCUT2D eigenvalue weighted by Crippen LogP contribution is 2.29. The van der Waals surface area contributed by atoms with Gasteiger partial charge in [-0.2, -0.15) is 0 Å². The van der Waals surface area contributed by atoms with Crippen LogP contribution in [-0.2, 0) is 10.0 Å². The maximum Gasteiger partial charge on any atom is 0.256 e. The summed E-state index contributed by atoms with van der Waals surface area (Å²) < 4.78 is 52.7. The van der Waals surface area contributed by atoms with Crippen molar-refractivity contribution in [3.63, 3.8) is 0 Å². The lowest BCUT2D eigenvalue weighted by Gasteiger charge is -2.32. The molecule has 0 saturated carbocycles. The van der Waals surface area contributed by atoms with Gasteiger partial charge in [0.25, 0.3) is 5.91 Å². The van der Waals surface area contributed by atoms with E-state index in [1.54, 1.807) is 6.92 Å². The highest BCUT2D eigenvalue weighted by molar-refractivity contribution is 7.89. The zero-order valence-corrected chi connectivity index (χ0v) is 18.5. The number of hydrogen-bond donors (Lipinski definition) is 1. The fourth-order valence-electron chi connectivity index (χ4n) is 3.46. The van der Waals surface area contributed by atoms with E-state index in [0.717, 1.165) is 18.2 Å². The quantitative estimate of drug-likeness (QED) is 0.668. The Labute approximate surface area is 182 Å². The number of piperidine rings is 1. The molecule has 31 heavy (non-hydrogen) atoms. The predicted octanol–water partition coefficient (Wildman–Crippen LogP) is 3.21. The van der Waals surface area contributed by atoms with Crippen LogP contribution < -0.4 is 14.2 Å². The third kappa shape index (κ3) is 5.54. The van der Waals surface area contributed by atoms with Crippen LogP contribution >= 0.6 is 0 Å². The number of para-hydroxylation sites is 2. The second-order valence-corrected chi connectivity index (χ2v) is 8.90. The molecule has 1 fully saturated rings. The zero-order chi connectivity index (χ0) is 22.4. The molecule has 0 bridgehead atoms. The average Bonchev–Trinajstić information content (AvgIpc) is 2.75. The zero-order valence-electron chi connectivity index (χ0n) is 17.6. The molecule has 0 spiro atoms. The number of hydrogen-bond acceptors (Lipinski definition) is 5. The van der Waals surface area contributed by atoms with Crippen LogP contribution in [0.3, 0.4) is 0 Å². The number of carbonyl (C=O) groups excluding carboxylic acids is 1. The van der Waals surface area contributed by atoms with E-state index in [0.29, 0.717) is 44.0 Å². The van der Waals surface area contributed by atoms with Crippen molar-refractivity contribution in [2.75, 3.05) is 26.2 Å². The predicted molar refractivity (Wildman–Crippen MR) is 114 cm³/mol. The lowest BCUT2D eigenvalue weighted by Crippen LogP contribution is -2.42. The normalized spacial score (nSPS) is 15.0. The first-order valence-corrected chi connectivity index (χ1v) is 11.8. The molecule has 1 saturated heterocycles. The summed E-state index contributed by atoms with van der Waals surface area (Å²) in [7, 11) is -3.79. The molecular formula is C22H27FN2O5S. The van der Waals surface area contributed by atoms with Gasteiger partial charge in [-0.3, -0.25) is 4.79 Å². The van der Waals surface area contributed by atoms with E-state index in [1.165, 1.54) is 4.90 Å². The van der Waals surface area contributed by atoms with Gasteiger partial charge in [-0.25, -0.2) is 17.5 Å². The Morgan fingerprint density at radius 1 is 1.13 bits per heavy atom. The molecule has 1 amide bonds. The maximum absolute atomic E-state index is 14.3. The van der Waals surface area contributed by atoms with Gasteiger partial charge in [0, 0.05) is 32.5 Å². The van der Waals surface area contributed by atoms with Crippen LogP contribution in [-0.4, -0.2) is 51.6 Å². The first-order chi connectivity index (χ1) is 14.9. The maximum atomic E-state index is 14.3. The molecule has 3 rings (SSSR count). The van der Waals surface area contributed by atoms with Crippen molar-refractivity contribution >= 4 is 15.9 Å². The fourth-order valence-corrected chi connectivity index (χ4v) is 4.52. The Bertz CT molecular complexity index is 1020. The number of benzene rings is 2. The van der Waals surface area contributed by atoms with Crippen molar-refractivity contribution in [2.24, 2.45) is 0 Å². The third-order valence-electron chi connectivity index (χ3n) is 4.98. The fraction of sp³-hybridized carbons (Fsp3) is 0.409. The number of amides is 1. The van der Waals surface area contributed by atoms with Gasteiger partial charge in [0.15, 0.2) is 11.5 Å². The summed E-state index contributed by atoms with van der Waals surface area (Å²) in [5.74, 6) is 0.0504. The summed E-state index contributed by atoms with van der Waals surface area (Å²) in [6.07, 6.45) is 1.04. The molecule has 1 heterocycles. The molecule has 9 heteroatoms. The number of nitrogens with zero attached hydrogens (tertiary/aromatic N) is 1. The van der Waals surface area contributed by atoms with Crippen molar-refractivity contribution in [1.82, 2.24) is 9.62 Å². The van der Waals surface area contributed by atoms with Gasteiger partial charge in [-0.15, -0.1) is 0 Å². The van der Waals surface area contributed by atoms with Gasteiger partial charge < -0.3 is 14.4 Å². The van der Waals surface area contributed by atoms with E-state index in [1.807, 2.05) is 31.2 Å². The molecular weight excluding hydrogens is 423 g/mol. The molecule has 168 valence electrons. The summed E-state index contributed by atoms with van der Waals surface area (Å²) in [6, 6.07) is 10.7. The molecule has 0 aromatic heterocycles.